The first-order valence-electron chi connectivity index (χ1n) is 35.5. The van der Waals surface area contributed by atoms with Crippen LogP contribution in [0.15, 0.2) is 389 Å². The van der Waals surface area contributed by atoms with E-state index >= 15 is 0 Å². The molecule has 12 heteroatoms. The van der Waals surface area contributed by atoms with Crippen LogP contribution in [-0.4, -0.2) is 59.8 Å². The van der Waals surface area contributed by atoms with E-state index < -0.39 is 0 Å². The summed E-state index contributed by atoms with van der Waals surface area (Å²) in [6.07, 6.45) is 7.31. The molecule has 0 fully saturated rings. The second kappa shape index (κ2) is 31.0. The van der Waals surface area contributed by atoms with E-state index in [-0.39, 0.29) is 0 Å². The van der Waals surface area contributed by atoms with Gasteiger partial charge in [-0.05, 0) is 81.9 Å². The van der Waals surface area contributed by atoms with Gasteiger partial charge in [-0.25, -0.2) is 49.8 Å². The molecule has 0 atom stereocenters. The molecule has 0 saturated carbocycles. The molecule has 0 amide bonds. The number of nitrogens with zero attached hydrogens (tertiary/aromatic N) is 12. The third kappa shape index (κ3) is 15.1. The van der Waals surface area contributed by atoms with Crippen LogP contribution >= 0.6 is 0 Å². The number of aromatic nitrogens is 12. The minimum absolute atomic E-state index is 0.604. The maximum absolute atomic E-state index is 5.06. The van der Waals surface area contributed by atoms with Gasteiger partial charge < -0.3 is 0 Å². The van der Waals surface area contributed by atoms with Gasteiger partial charge in [0.25, 0.3) is 0 Å². The van der Waals surface area contributed by atoms with E-state index in [2.05, 4.69) is 174 Å². The number of hydrogen-bond acceptors (Lipinski definition) is 12. The Morgan fingerprint density at radius 1 is 0.120 bits per heavy atom. The third-order valence-corrected chi connectivity index (χ3v) is 18.5. The van der Waals surface area contributed by atoms with Gasteiger partial charge in [-0.1, -0.05) is 315 Å². The SMILES string of the molecule is c1ccc(-c2cc(-c3ccc(-c4cccc(-c5nc(-c6ccccc6)nc(-c6cccc(-c7cccnc7)c6)n5)c4)cc3)nc(-c3ccccc3)n2)cc1.c1ccc(-c2nc(-c3ccc(-c4cccc(-c5nc(-c6ccccc6)nc(-c6ccccc6)n5)c4)cc3)cc(-c3cccc(-c4cccnc4)c3)n2)cc1. The zero-order chi connectivity index (χ0) is 72.2. The van der Waals surface area contributed by atoms with Crippen LogP contribution in [0, 0.1) is 0 Å². The molecule has 12 nitrogen and oxygen atoms in total. The van der Waals surface area contributed by atoms with Crippen LogP contribution in [-0.2, 0) is 0 Å². The highest BCUT2D eigenvalue weighted by atomic mass is 15.0. The number of hydrogen-bond donors (Lipinski definition) is 0. The van der Waals surface area contributed by atoms with Crippen molar-refractivity contribution in [3.8, 4) is 181 Å². The van der Waals surface area contributed by atoms with Crippen LogP contribution in [0.4, 0.5) is 0 Å². The van der Waals surface area contributed by atoms with Crippen LogP contribution in [0.3, 0.4) is 0 Å². The Labute approximate surface area is 625 Å². The summed E-state index contributed by atoms with van der Waals surface area (Å²) in [5.41, 5.74) is 23.4. The van der Waals surface area contributed by atoms with E-state index in [1.807, 2.05) is 213 Å². The predicted molar refractivity (Wildman–Crippen MR) is 433 cm³/mol. The van der Waals surface area contributed by atoms with Crippen molar-refractivity contribution in [3.63, 3.8) is 0 Å². The van der Waals surface area contributed by atoms with Gasteiger partial charge in [0.2, 0.25) is 0 Å². The zero-order valence-corrected chi connectivity index (χ0v) is 58.3. The number of benzene rings is 12. The highest BCUT2D eigenvalue weighted by molar-refractivity contribution is 5.81. The molecule has 508 valence electrons. The van der Waals surface area contributed by atoms with Crippen molar-refractivity contribution in [2.24, 2.45) is 0 Å². The van der Waals surface area contributed by atoms with Crippen molar-refractivity contribution in [2.75, 3.05) is 0 Å². The highest BCUT2D eigenvalue weighted by Gasteiger charge is 2.19. The lowest BCUT2D eigenvalue weighted by Gasteiger charge is -2.11. The quantitative estimate of drug-likeness (QED) is 0.0904. The molecular formula is C96H64N12. The summed E-state index contributed by atoms with van der Waals surface area (Å²) in [7, 11) is 0. The Hall–Kier alpha value is -14.9. The van der Waals surface area contributed by atoms with Gasteiger partial charge in [-0.2, -0.15) is 0 Å². The maximum atomic E-state index is 5.06. The Balaban J connectivity index is 0.000000158. The maximum Gasteiger partial charge on any atom is 0.164 e. The summed E-state index contributed by atoms with van der Waals surface area (Å²) in [4.78, 5) is 58.4. The minimum atomic E-state index is 0.604. The van der Waals surface area contributed by atoms with Gasteiger partial charge in [-0.15, -0.1) is 0 Å². The summed E-state index contributed by atoms with van der Waals surface area (Å²) < 4.78 is 0. The first-order valence-corrected chi connectivity index (χ1v) is 35.5. The molecule has 12 aromatic carbocycles. The Bertz CT molecular complexity index is 6010. The van der Waals surface area contributed by atoms with Crippen molar-refractivity contribution in [2.45, 2.75) is 0 Å². The number of pyridine rings is 2. The van der Waals surface area contributed by atoms with Crippen LogP contribution in [0.1, 0.15) is 0 Å². The molecule has 0 spiro atoms. The third-order valence-electron chi connectivity index (χ3n) is 18.5. The molecule has 0 unspecified atom stereocenters. The second-order valence-electron chi connectivity index (χ2n) is 25.7. The lowest BCUT2D eigenvalue weighted by atomic mass is 9.99. The lowest BCUT2D eigenvalue weighted by molar-refractivity contribution is 1.07. The summed E-state index contributed by atoms with van der Waals surface area (Å²) in [6.45, 7) is 0. The molecule has 0 aliphatic rings. The first kappa shape index (κ1) is 66.4. The molecule has 0 saturated heterocycles. The molecule has 0 bridgehead atoms. The Kier molecular flexibility index (Phi) is 19.0. The summed E-state index contributed by atoms with van der Waals surface area (Å²) in [5.74, 6) is 5.09. The average Bonchev–Trinajstić information content (AvgIpc) is 0.808. The van der Waals surface area contributed by atoms with Gasteiger partial charge in [0.05, 0.1) is 22.8 Å². The van der Waals surface area contributed by atoms with E-state index in [0.717, 1.165) is 134 Å². The van der Waals surface area contributed by atoms with Crippen molar-refractivity contribution < 1.29 is 0 Å². The molecule has 6 heterocycles. The van der Waals surface area contributed by atoms with Crippen LogP contribution in [0.2, 0.25) is 0 Å². The summed E-state index contributed by atoms with van der Waals surface area (Å²) in [5, 5.41) is 0. The average molecular weight is 1390 g/mol. The molecule has 6 aromatic heterocycles. The normalized spacial score (nSPS) is 11.0. The van der Waals surface area contributed by atoms with Crippen LogP contribution in [0.25, 0.3) is 181 Å². The van der Waals surface area contributed by atoms with Gasteiger partial charge in [0, 0.05) is 103 Å². The fraction of sp³-hybridized carbons (Fsp3) is 0. The predicted octanol–water partition coefficient (Wildman–Crippen LogP) is 22.8. The van der Waals surface area contributed by atoms with E-state index in [1.54, 1.807) is 12.4 Å². The van der Waals surface area contributed by atoms with Crippen molar-refractivity contribution in [1.82, 2.24) is 59.8 Å². The van der Waals surface area contributed by atoms with E-state index in [9.17, 15) is 0 Å². The van der Waals surface area contributed by atoms with Crippen LogP contribution in [0.5, 0.6) is 0 Å². The topological polar surface area (TPSA) is 155 Å². The van der Waals surface area contributed by atoms with Crippen molar-refractivity contribution in [1.29, 1.82) is 0 Å². The monoisotopic (exact) mass is 1380 g/mol. The van der Waals surface area contributed by atoms with Crippen LogP contribution < -0.4 is 0 Å². The molecule has 0 aliphatic heterocycles. The van der Waals surface area contributed by atoms with Gasteiger partial charge in [0.15, 0.2) is 46.6 Å². The van der Waals surface area contributed by atoms with Crippen molar-refractivity contribution >= 4 is 0 Å². The fourth-order valence-electron chi connectivity index (χ4n) is 12.9. The molecule has 108 heavy (non-hydrogen) atoms. The Morgan fingerprint density at radius 3 is 0.620 bits per heavy atom. The van der Waals surface area contributed by atoms with Gasteiger partial charge >= 0.3 is 0 Å². The lowest BCUT2D eigenvalue weighted by Crippen LogP contribution is -2.00. The smallest absolute Gasteiger partial charge is 0.164 e. The fourth-order valence-corrected chi connectivity index (χ4v) is 12.9. The largest absolute Gasteiger partial charge is 0.264 e. The molecular weight excluding hydrogens is 1320 g/mol. The zero-order valence-electron chi connectivity index (χ0n) is 58.3. The van der Waals surface area contributed by atoms with Crippen molar-refractivity contribution in [3.05, 3.63) is 389 Å². The molecule has 0 N–H and O–H groups in total. The molecule has 0 radical (unpaired) electrons. The highest BCUT2D eigenvalue weighted by Crippen LogP contribution is 2.37. The second-order valence-corrected chi connectivity index (χ2v) is 25.7. The van der Waals surface area contributed by atoms with Gasteiger partial charge in [-0.3, -0.25) is 9.97 Å². The summed E-state index contributed by atoms with van der Waals surface area (Å²) >= 11 is 0. The molecule has 18 aromatic rings. The minimum Gasteiger partial charge on any atom is -0.264 e. The first-order chi connectivity index (χ1) is 53.5. The standard InChI is InChI=1S/2C48H32N6/c1-4-13-35(14-5-1)45-50-43(31-44(51-45)40-21-10-20-39(29-40)42-23-12-28-49-32-42)34-26-24-33(25-27-34)38-19-11-22-41(30-38)48-53-46(36-15-6-2-7-16-36)52-47(54-48)37-17-8-3-9-18-37;1-4-13-34(14-5-1)43-31-44(51-45(50-43)36-15-6-2-7-16-36)35-26-24-33(25-27-35)38-19-10-21-40(29-38)47-52-46(37-17-8-3-9-18-37)53-48(54-47)41-22-11-20-39(30-41)42-23-12-28-49-32-42/h2*1-32H. The van der Waals surface area contributed by atoms with E-state index in [0.29, 0.717) is 46.6 Å². The van der Waals surface area contributed by atoms with Gasteiger partial charge in [0.1, 0.15) is 0 Å². The van der Waals surface area contributed by atoms with E-state index in [4.69, 9.17) is 49.8 Å². The summed E-state index contributed by atoms with van der Waals surface area (Å²) in [6, 6.07) is 123. The molecule has 18 rings (SSSR count). The number of rotatable bonds is 16. The Morgan fingerprint density at radius 2 is 0.324 bits per heavy atom. The van der Waals surface area contributed by atoms with E-state index in [1.165, 1.54) is 0 Å². The molecule has 0 aliphatic carbocycles.